The predicted octanol–water partition coefficient (Wildman–Crippen LogP) is 1.29. The van der Waals surface area contributed by atoms with Gasteiger partial charge in [-0.15, -0.1) is 0 Å². The number of ether oxygens (including phenoxy) is 2. The zero-order valence-corrected chi connectivity index (χ0v) is 10.5. The summed E-state index contributed by atoms with van der Waals surface area (Å²) in [6, 6.07) is 0. The molecule has 96 valence electrons. The molecule has 5 nitrogen and oxygen atoms in total. The van der Waals surface area contributed by atoms with Crippen molar-refractivity contribution >= 4 is 10.1 Å². The molecular weight excluding hydrogens is 232 g/mol. The highest BCUT2D eigenvalue weighted by Gasteiger charge is 2.18. The van der Waals surface area contributed by atoms with Gasteiger partial charge in [-0.05, 0) is 19.3 Å². The van der Waals surface area contributed by atoms with Crippen molar-refractivity contribution in [3.8, 4) is 0 Å². The minimum atomic E-state index is -3.53. The number of unbranched alkanes of at least 4 members (excludes halogenated alkanes) is 1. The van der Waals surface area contributed by atoms with Crippen molar-refractivity contribution in [1.82, 2.24) is 0 Å². The summed E-state index contributed by atoms with van der Waals surface area (Å²) in [4.78, 5) is 0. The van der Waals surface area contributed by atoms with Crippen molar-refractivity contribution < 1.29 is 22.1 Å². The molecule has 1 unspecified atom stereocenters. The molecule has 1 rings (SSSR count). The first-order valence-corrected chi connectivity index (χ1v) is 7.28. The normalized spacial score (nSPS) is 22.2. The van der Waals surface area contributed by atoms with Crippen LogP contribution < -0.4 is 0 Å². The van der Waals surface area contributed by atoms with Gasteiger partial charge in [-0.1, -0.05) is 13.3 Å². The Balaban J connectivity index is 2.18. The summed E-state index contributed by atoms with van der Waals surface area (Å²) in [5.74, 6) is -0.370. The summed E-state index contributed by atoms with van der Waals surface area (Å²) in [6.07, 6.45) is 3.31. The summed E-state index contributed by atoms with van der Waals surface area (Å²) in [5.41, 5.74) is 0. The molecule has 1 saturated heterocycles. The van der Waals surface area contributed by atoms with Crippen LogP contribution in [0.5, 0.6) is 0 Å². The van der Waals surface area contributed by atoms with Gasteiger partial charge < -0.3 is 9.47 Å². The largest absolute Gasteiger partial charge is 0.379 e. The van der Waals surface area contributed by atoms with Crippen LogP contribution in [0.3, 0.4) is 0 Å². The second-order valence-electron chi connectivity index (χ2n) is 3.86. The second-order valence-corrected chi connectivity index (χ2v) is 5.44. The van der Waals surface area contributed by atoms with E-state index in [0.717, 1.165) is 32.3 Å². The number of rotatable bonds is 7. The van der Waals surface area contributed by atoms with E-state index in [1.165, 1.54) is 0 Å². The lowest BCUT2D eigenvalue weighted by Gasteiger charge is -2.22. The van der Waals surface area contributed by atoms with E-state index in [-0.39, 0.29) is 18.6 Å². The molecule has 0 radical (unpaired) electrons. The first-order valence-electron chi connectivity index (χ1n) is 5.70. The topological polar surface area (TPSA) is 61.8 Å². The fourth-order valence-electron chi connectivity index (χ4n) is 1.39. The number of hydrogen-bond acceptors (Lipinski definition) is 5. The van der Waals surface area contributed by atoms with E-state index in [0.29, 0.717) is 6.61 Å². The summed E-state index contributed by atoms with van der Waals surface area (Å²) in [5, 5.41) is 0. The lowest BCUT2D eigenvalue weighted by Crippen LogP contribution is -2.28. The van der Waals surface area contributed by atoms with Gasteiger partial charge in [0.15, 0.2) is 5.94 Å². The molecular formula is C10H20O5S. The number of hydrogen-bond donors (Lipinski definition) is 0. The van der Waals surface area contributed by atoms with Gasteiger partial charge in [-0.2, -0.15) is 8.42 Å². The van der Waals surface area contributed by atoms with E-state index in [1.54, 1.807) is 0 Å². The molecule has 0 aromatic heterocycles. The molecule has 0 aromatic rings. The maximum Gasteiger partial charge on any atom is 0.291 e. The Morgan fingerprint density at radius 2 is 2.25 bits per heavy atom. The van der Waals surface area contributed by atoms with Gasteiger partial charge in [0.1, 0.15) is 0 Å². The van der Waals surface area contributed by atoms with Crippen LogP contribution in [0.25, 0.3) is 0 Å². The highest BCUT2D eigenvalue weighted by atomic mass is 32.2. The standard InChI is InChI=1S/C10H20O5S/c1-2-3-7-15-16(11,12)9-14-10-5-4-6-13-8-10/h10H,2-9H2,1H3. The zero-order valence-electron chi connectivity index (χ0n) is 9.68. The van der Waals surface area contributed by atoms with Gasteiger partial charge in [0.25, 0.3) is 10.1 Å². The highest BCUT2D eigenvalue weighted by molar-refractivity contribution is 7.86. The van der Waals surface area contributed by atoms with E-state index >= 15 is 0 Å². The monoisotopic (exact) mass is 252 g/mol. The van der Waals surface area contributed by atoms with E-state index in [2.05, 4.69) is 0 Å². The van der Waals surface area contributed by atoms with Crippen LogP contribution in [0, 0.1) is 0 Å². The van der Waals surface area contributed by atoms with Crippen molar-refractivity contribution in [3.63, 3.8) is 0 Å². The molecule has 1 atom stereocenters. The van der Waals surface area contributed by atoms with E-state index in [4.69, 9.17) is 13.7 Å². The summed E-state index contributed by atoms with van der Waals surface area (Å²) >= 11 is 0. The van der Waals surface area contributed by atoms with Crippen molar-refractivity contribution in [2.24, 2.45) is 0 Å². The van der Waals surface area contributed by atoms with E-state index in [1.807, 2.05) is 6.92 Å². The lowest BCUT2D eigenvalue weighted by molar-refractivity contribution is -0.0372. The maximum atomic E-state index is 11.4. The van der Waals surface area contributed by atoms with Crippen LogP contribution in [-0.4, -0.2) is 40.3 Å². The third-order valence-corrected chi connectivity index (χ3v) is 3.28. The van der Waals surface area contributed by atoms with Crippen LogP contribution in [0.15, 0.2) is 0 Å². The van der Waals surface area contributed by atoms with Gasteiger partial charge in [0, 0.05) is 6.61 Å². The molecule has 0 spiro atoms. The van der Waals surface area contributed by atoms with E-state index in [9.17, 15) is 8.42 Å². The molecule has 0 saturated carbocycles. The highest BCUT2D eigenvalue weighted by Crippen LogP contribution is 2.11. The smallest absolute Gasteiger partial charge is 0.291 e. The van der Waals surface area contributed by atoms with Gasteiger partial charge in [-0.3, -0.25) is 4.18 Å². The first kappa shape index (κ1) is 13.9. The Hall–Kier alpha value is -0.170. The fraction of sp³-hybridized carbons (Fsp3) is 1.00. The van der Waals surface area contributed by atoms with Crippen LogP contribution in [-0.2, 0) is 23.8 Å². The summed E-state index contributed by atoms with van der Waals surface area (Å²) in [6.45, 7) is 3.43. The van der Waals surface area contributed by atoms with Crippen LogP contribution in [0.2, 0.25) is 0 Å². The van der Waals surface area contributed by atoms with Crippen molar-refractivity contribution in [2.45, 2.75) is 38.7 Å². The maximum absolute atomic E-state index is 11.4. The van der Waals surface area contributed by atoms with Gasteiger partial charge in [-0.25, -0.2) is 0 Å². The first-order chi connectivity index (χ1) is 7.64. The molecule has 1 heterocycles. The van der Waals surface area contributed by atoms with Gasteiger partial charge in [0.2, 0.25) is 0 Å². The molecule has 0 aliphatic carbocycles. The molecule has 0 amide bonds. The second kappa shape index (κ2) is 7.21. The Kier molecular flexibility index (Phi) is 6.26. The van der Waals surface area contributed by atoms with Crippen LogP contribution >= 0.6 is 0 Å². The Bertz CT molecular complexity index is 269. The Morgan fingerprint density at radius 1 is 1.44 bits per heavy atom. The Labute approximate surface area is 97.2 Å². The minimum absolute atomic E-state index is 0.113. The molecule has 0 bridgehead atoms. The van der Waals surface area contributed by atoms with E-state index < -0.39 is 10.1 Å². The van der Waals surface area contributed by atoms with Gasteiger partial charge in [0.05, 0.1) is 19.3 Å². The fourth-order valence-corrected chi connectivity index (χ4v) is 2.19. The van der Waals surface area contributed by atoms with Crippen LogP contribution in [0.1, 0.15) is 32.6 Å². The average Bonchev–Trinajstić information content (AvgIpc) is 2.28. The average molecular weight is 252 g/mol. The SMILES string of the molecule is CCCCOS(=O)(=O)COC1CCCOC1. The molecule has 1 aliphatic rings. The molecule has 0 N–H and O–H groups in total. The van der Waals surface area contributed by atoms with Crippen molar-refractivity contribution in [3.05, 3.63) is 0 Å². The van der Waals surface area contributed by atoms with Crippen molar-refractivity contribution in [2.75, 3.05) is 25.8 Å². The third kappa shape index (κ3) is 5.79. The summed E-state index contributed by atoms with van der Waals surface area (Å²) in [7, 11) is -3.53. The van der Waals surface area contributed by atoms with Gasteiger partial charge >= 0.3 is 0 Å². The third-order valence-electron chi connectivity index (χ3n) is 2.33. The zero-order chi connectivity index (χ0) is 11.9. The molecule has 1 aliphatic heterocycles. The quantitative estimate of drug-likeness (QED) is 0.504. The lowest BCUT2D eigenvalue weighted by atomic mass is 10.2. The molecule has 16 heavy (non-hydrogen) atoms. The Morgan fingerprint density at radius 3 is 2.88 bits per heavy atom. The molecule has 6 heteroatoms. The van der Waals surface area contributed by atoms with Crippen LogP contribution in [0.4, 0.5) is 0 Å². The van der Waals surface area contributed by atoms with Crippen molar-refractivity contribution in [1.29, 1.82) is 0 Å². The summed E-state index contributed by atoms with van der Waals surface area (Å²) < 4.78 is 37.9. The molecule has 1 fully saturated rings. The molecule has 0 aromatic carbocycles. The minimum Gasteiger partial charge on any atom is -0.379 e. The predicted molar refractivity (Wildman–Crippen MR) is 59.6 cm³/mol.